The van der Waals surface area contributed by atoms with Gasteiger partial charge in [0.2, 0.25) is 0 Å². The molecule has 116 valence electrons. The number of carboxylic acid groups (broad SMARTS) is 1. The second-order valence-electron chi connectivity index (χ2n) is 6.09. The van der Waals surface area contributed by atoms with Crippen LogP contribution in [0, 0.1) is 5.92 Å². The molecule has 1 aliphatic rings. The topological polar surface area (TPSA) is 43.8 Å². The van der Waals surface area contributed by atoms with Gasteiger partial charge < -0.3 is 10.0 Å². The lowest BCUT2D eigenvalue weighted by molar-refractivity contribution is -0.143. The van der Waals surface area contributed by atoms with Crippen LogP contribution in [0.1, 0.15) is 24.0 Å². The second kappa shape index (κ2) is 7.25. The number of likely N-dealkylation sites (tertiary alicyclic amines) is 1. The van der Waals surface area contributed by atoms with Gasteiger partial charge in [-0.15, -0.1) is 0 Å². The highest BCUT2D eigenvalue weighted by Gasteiger charge is 2.24. The molecule has 0 unspecified atom stereocenters. The van der Waals surface area contributed by atoms with Crippen LogP contribution < -0.4 is 0 Å². The van der Waals surface area contributed by atoms with Crippen molar-refractivity contribution >= 4 is 17.6 Å². The number of carboxylic acids is 1. The molecule has 5 heteroatoms. The second-order valence-corrected chi connectivity index (χ2v) is 6.53. The minimum atomic E-state index is -0.661. The van der Waals surface area contributed by atoms with E-state index in [0.717, 1.165) is 44.0 Å². The molecule has 1 heterocycles. The predicted octanol–water partition coefficient (Wildman–Crippen LogP) is 2.70. The Labute approximate surface area is 131 Å². The first-order valence-corrected chi connectivity index (χ1v) is 7.70. The van der Waals surface area contributed by atoms with E-state index in [2.05, 4.69) is 15.9 Å². The number of hydrogen-bond acceptors (Lipinski definition) is 3. The van der Waals surface area contributed by atoms with Crippen LogP contribution in [-0.4, -0.2) is 48.1 Å². The van der Waals surface area contributed by atoms with Crippen molar-refractivity contribution in [1.29, 1.82) is 0 Å². The van der Waals surface area contributed by atoms with Crippen molar-refractivity contribution in [3.63, 3.8) is 0 Å². The molecular weight excluding hydrogens is 288 g/mol. The summed E-state index contributed by atoms with van der Waals surface area (Å²) in [7, 11) is 4.08. The molecule has 1 fully saturated rings. The van der Waals surface area contributed by atoms with Crippen LogP contribution >= 0.6 is 11.6 Å². The van der Waals surface area contributed by atoms with Gasteiger partial charge in [0, 0.05) is 18.1 Å². The summed E-state index contributed by atoms with van der Waals surface area (Å²) in [6.07, 6.45) is 1.47. The first kappa shape index (κ1) is 16.3. The van der Waals surface area contributed by atoms with Crippen molar-refractivity contribution in [2.45, 2.75) is 25.9 Å². The molecule has 4 nitrogen and oxygen atoms in total. The minimum absolute atomic E-state index is 0.176. The predicted molar refractivity (Wildman–Crippen MR) is 84.5 cm³/mol. The molecule has 0 spiro atoms. The van der Waals surface area contributed by atoms with Gasteiger partial charge in [-0.3, -0.25) is 9.69 Å². The molecule has 21 heavy (non-hydrogen) atoms. The number of nitrogens with zero attached hydrogens (tertiary/aromatic N) is 2. The van der Waals surface area contributed by atoms with Crippen LogP contribution in [0.4, 0.5) is 0 Å². The maximum absolute atomic E-state index is 11.0. The summed E-state index contributed by atoms with van der Waals surface area (Å²) in [5.41, 5.74) is 2.41. The van der Waals surface area contributed by atoms with E-state index < -0.39 is 5.97 Å². The number of rotatable bonds is 5. The molecule has 0 amide bonds. The van der Waals surface area contributed by atoms with Crippen LogP contribution in [0.25, 0.3) is 0 Å². The third kappa shape index (κ3) is 4.99. The molecule has 1 saturated heterocycles. The molecule has 1 aliphatic heterocycles. The van der Waals surface area contributed by atoms with Gasteiger partial charge >= 0.3 is 5.97 Å². The fraction of sp³-hybridized carbons (Fsp3) is 0.562. The number of carbonyl (C=O) groups is 1. The molecule has 1 N–H and O–H groups in total. The van der Waals surface area contributed by atoms with Gasteiger partial charge in [0.05, 0.1) is 5.92 Å². The molecule has 0 bridgehead atoms. The van der Waals surface area contributed by atoms with Crippen LogP contribution in [-0.2, 0) is 17.9 Å². The van der Waals surface area contributed by atoms with Crippen molar-refractivity contribution in [2.75, 3.05) is 27.2 Å². The van der Waals surface area contributed by atoms with E-state index in [4.69, 9.17) is 16.7 Å². The number of aliphatic carboxylic acids is 1. The summed E-state index contributed by atoms with van der Waals surface area (Å²) >= 11 is 6.20. The molecule has 0 atom stereocenters. The molecule has 0 aliphatic carbocycles. The lowest BCUT2D eigenvalue weighted by Crippen LogP contribution is -2.35. The summed E-state index contributed by atoms with van der Waals surface area (Å²) in [5.74, 6) is -0.837. The summed E-state index contributed by atoms with van der Waals surface area (Å²) in [4.78, 5) is 15.4. The van der Waals surface area contributed by atoms with E-state index in [9.17, 15) is 4.79 Å². The smallest absolute Gasteiger partial charge is 0.306 e. The Hall–Kier alpha value is -1.10. The monoisotopic (exact) mass is 310 g/mol. The standard InChI is InChI=1S/C16H23ClN2O2/c1-18(2)10-12-7-13(9-15(17)8-12)11-19-5-3-14(4-6-19)16(20)21/h7-9,14H,3-6,10-11H2,1-2H3,(H,20,21). The van der Waals surface area contributed by atoms with Gasteiger partial charge in [0.25, 0.3) is 0 Å². The molecule has 2 rings (SSSR count). The van der Waals surface area contributed by atoms with E-state index in [1.807, 2.05) is 26.2 Å². The Balaban J connectivity index is 1.97. The number of halogens is 1. The highest BCUT2D eigenvalue weighted by molar-refractivity contribution is 6.30. The van der Waals surface area contributed by atoms with Gasteiger partial charge in [0.1, 0.15) is 0 Å². The fourth-order valence-electron chi connectivity index (χ4n) is 2.86. The Bertz CT molecular complexity index is 497. The van der Waals surface area contributed by atoms with E-state index in [-0.39, 0.29) is 5.92 Å². The van der Waals surface area contributed by atoms with E-state index in [1.54, 1.807) is 0 Å². The number of hydrogen-bond donors (Lipinski definition) is 1. The van der Waals surface area contributed by atoms with E-state index >= 15 is 0 Å². The van der Waals surface area contributed by atoms with Crippen molar-refractivity contribution < 1.29 is 9.90 Å². The highest BCUT2D eigenvalue weighted by atomic mass is 35.5. The van der Waals surface area contributed by atoms with Crippen molar-refractivity contribution in [1.82, 2.24) is 9.80 Å². The van der Waals surface area contributed by atoms with Crippen molar-refractivity contribution in [3.8, 4) is 0 Å². The van der Waals surface area contributed by atoms with Gasteiger partial charge in [-0.05, 0) is 63.3 Å². The molecule has 0 saturated carbocycles. The van der Waals surface area contributed by atoms with Gasteiger partial charge in [-0.2, -0.15) is 0 Å². The molecular formula is C16H23ClN2O2. The fourth-order valence-corrected chi connectivity index (χ4v) is 3.14. The Morgan fingerprint density at radius 1 is 1.29 bits per heavy atom. The summed E-state index contributed by atoms with van der Waals surface area (Å²) in [6, 6.07) is 6.20. The lowest BCUT2D eigenvalue weighted by Gasteiger charge is -2.30. The Morgan fingerprint density at radius 3 is 2.48 bits per heavy atom. The Morgan fingerprint density at radius 2 is 1.90 bits per heavy atom. The maximum atomic E-state index is 11.0. The highest BCUT2D eigenvalue weighted by Crippen LogP contribution is 2.22. The quantitative estimate of drug-likeness (QED) is 0.908. The zero-order valence-electron chi connectivity index (χ0n) is 12.7. The average Bonchev–Trinajstić information content (AvgIpc) is 2.37. The SMILES string of the molecule is CN(C)Cc1cc(Cl)cc(CN2CCC(C(=O)O)CC2)c1. The maximum Gasteiger partial charge on any atom is 0.306 e. The van der Waals surface area contributed by atoms with Gasteiger partial charge in [-0.25, -0.2) is 0 Å². The lowest BCUT2D eigenvalue weighted by atomic mass is 9.96. The van der Waals surface area contributed by atoms with E-state index in [1.165, 1.54) is 11.1 Å². The zero-order chi connectivity index (χ0) is 15.4. The van der Waals surface area contributed by atoms with Gasteiger partial charge in [-0.1, -0.05) is 17.7 Å². The third-order valence-electron chi connectivity index (χ3n) is 3.86. The van der Waals surface area contributed by atoms with Crippen LogP contribution in [0.2, 0.25) is 5.02 Å². The first-order valence-electron chi connectivity index (χ1n) is 7.32. The van der Waals surface area contributed by atoms with Crippen molar-refractivity contribution in [2.24, 2.45) is 5.92 Å². The first-order chi connectivity index (χ1) is 9.94. The van der Waals surface area contributed by atoms with E-state index in [0.29, 0.717) is 0 Å². The largest absolute Gasteiger partial charge is 0.481 e. The number of benzene rings is 1. The molecule has 0 radical (unpaired) electrons. The van der Waals surface area contributed by atoms with Crippen LogP contribution in [0.5, 0.6) is 0 Å². The van der Waals surface area contributed by atoms with Gasteiger partial charge in [0.15, 0.2) is 0 Å². The molecule has 0 aromatic heterocycles. The zero-order valence-corrected chi connectivity index (χ0v) is 13.4. The summed E-state index contributed by atoms with van der Waals surface area (Å²) in [6.45, 7) is 3.39. The molecule has 1 aromatic carbocycles. The van der Waals surface area contributed by atoms with Crippen LogP contribution in [0.15, 0.2) is 18.2 Å². The normalized spacial score (nSPS) is 17.3. The van der Waals surface area contributed by atoms with Crippen LogP contribution in [0.3, 0.4) is 0 Å². The summed E-state index contributed by atoms with van der Waals surface area (Å²) < 4.78 is 0. The number of piperidine rings is 1. The van der Waals surface area contributed by atoms with Crippen molar-refractivity contribution in [3.05, 3.63) is 34.3 Å². The summed E-state index contributed by atoms with van der Waals surface area (Å²) in [5, 5.41) is 9.80. The molecule has 1 aromatic rings. The third-order valence-corrected chi connectivity index (χ3v) is 4.08. The minimum Gasteiger partial charge on any atom is -0.481 e. The Kier molecular flexibility index (Phi) is 5.62. The average molecular weight is 311 g/mol.